The maximum absolute atomic E-state index is 12.6. The van der Waals surface area contributed by atoms with Gasteiger partial charge < -0.3 is 14.7 Å². The van der Waals surface area contributed by atoms with Crippen molar-refractivity contribution < 1.29 is 27.9 Å². The number of aliphatic carboxylic acids is 1. The molecule has 8 nitrogen and oxygen atoms in total. The number of carboxylic acids is 1. The van der Waals surface area contributed by atoms with E-state index in [0.29, 0.717) is 0 Å². The zero-order valence-corrected chi connectivity index (χ0v) is 16.7. The molecule has 0 spiro atoms. The predicted octanol–water partition coefficient (Wildman–Crippen LogP) is 1.98. The van der Waals surface area contributed by atoms with Crippen LogP contribution in [0, 0.1) is 12.8 Å². The molecule has 2 atom stereocenters. The number of amides is 1. The molecule has 1 aliphatic heterocycles. The number of piperidine rings is 1. The van der Waals surface area contributed by atoms with Crippen LogP contribution in [0.15, 0.2) is 29.2 Å². The van der Waals surface area contributed by atoms with Crippen molar-refractivity contribution in [3.8, 4) is 0 Å². The Hall–Kier alpha value is -2.13. The number of hydrogen-bond acceptors (Lipinski definition) is 5. The van der Waals surface area contributed by atoms with Gasteiger partial charge in [-0.15, -0.1) is 0 Å². The number of aryl methyl sites for hydroxylation is 1. The van der Waals surface area contributed by atoms with Crippen molar-refractivity contribution in [3.63, 3.8) is 0 Å². The fourth-order valence-corrected chi connectivity index (χ4v) is 4.08. The second-order valence-electron chi connectivity index (χ2n) is 7.79. The minimum atomic E-state index is -3.83. The van der Waals surface area contributed by atoms with E-state index >= 15 is 0 Å². The molecule has 1 aromatic rings. The highest BCUT2D eigenvalue weighted by Crippen LogP contribution is 2.22. The van der Waals surface area contributed by atoms with E-state index in [0.717, 1.165) is 5.56 Å². The maximum Gasteiger partial charge on any atom is 0.410 e. The van der Waals surface area contributed by atoms with Gasteiger partial charge in [0.2, 0.25) is 10.0 Å². The van der Waals surface area contributed by atoms with Crippen LogP contribution in [0.2, 0.25) is 0 Å². The lowest BCUT2D eigenvalue weighted by Gasteiger charge is -2.37. The van der Waals surface area contributed by atoms with Crippen LogP contribution in [0.1, 0.15) is 32.8 Å². The monoisotopic (exact) mass is 398 g/mol. The van der Waals surface area contributed by atoms with E-state index in [2.05, 4.69) is 4.72 Å². The third-order valence-electron chi connectivity index (χ3n) is 4.10. The van der Waals surface area contributed by atoms with E-state index in [4.69, 9.17) is 4.74 Å². The van der Waals surface area contributed by atoms with Gasteiger partial charge in [-0.3, -0.25) is 4.79 Å². The van der Waals surface area contributed by atoms with E-state index in [1.165, 1.54) is 17.0 Å². The van der Waals surface area contributed by atoms with Gasteiger partial charge in [-0.1, -0.05) is 17.7 Å². The third kappa shape index (κ3) is 5.93. The molecule has 0 bridgehead atoms. The normalized spacial score (nSPS) is 21.0. The number of sulfonamides is 1. The fraction of sp³-hybridized carbons (Fsp3) is 0.556. The zero-order valence-electron chi connectivity index (χ0n) is 15.9. The van der Waals surface area contributed by atoms with Crippen LogP contribution in [-0.4, -0.2) is 55.2 Å². The Balaban J connectivity index is 2.18. The van der Waals surface area contributed by atoms with Gasteiger partial charge in [0.05, 0.1) is 10.8 Å². The number of likely N-dealkylation sites (tertiary alicyclic amines) is 1. The first kappa shape index (κ1) is 21.2. The summed E-state index contributed by atoms with van der Waals surface area (Å²) in [4.78, 5) is 25.1. The Bertz CT molecular complexity index is 798. The number of carbonyl (C=O) groups excluding carboxylic acids is 1. The molecule has 2 rings (SSSR count). The van der Waals surface area contributed by atoms with E-state index < -0.39 is 39.6 Å². The van der Waals surface area contributed by atoms with Crippen LogP contribution >= 0.6 is 0 Å². The fourth-order valence-electron chi connectivity index (χ4n) is 2.84. The highest BCUT2D eigenvalue weighted by Gasteiger charge is 2.37. The van der Waals surface area contributed by atoms with Gasteiger partial charge in [-0.05, 0) is 46.2 Å². The zero-order chi connectivity index (χ0) is 20.4. The molecule has 150 valence electrons. The predicted molar refractivity (Wildman–Crippen MR) is 98.8 cm³/mol. The smallest absolute Gasteiger partial charge is 0.410 e. The molecule has 1 saturated heterocycles. The van der Waals surface area contributed by atoms with Gasteiger partial charge in [-0.2, -0.15) is 0 Å². The number of carboxylic acid groups (broad SMARTS) is 1. The molecule has 1 aliphatic rings. The summed E-state index contributed by atoms with van der Waals surface area (Å²) in [6.07, 6.45) is -0.562. The molecule has 2 unspecified atom stereocenters. The van der Waals surface area contributed by atoms with Crippen LogP contribution in [0.3, 0.4) is 0 Å². The number of ether oxygens (including phenoxy) is 1. The Morgan fingerprint density at radius 1 is 1.19 bits per heavy atom. The van der Waals surface area contributed by atoms with Crippen LogP contribution < -0.4 is 4.72 Å². The Labute approximate surface area is 159 Å². The first-order chi connectivity index (χ1) is 12.4. The number of rotatable bonds is 4. The van der Waals surface area contributed by atoms with Crippen LogP contribution in [0.4, 0.5) is 4.79 Å². The van der Waals surface area contributed by atoms with Gasteiger partial charge in [0.15, 0.2) is 0 Å². The van der Waals surface area contributed by atoms with Gasteiger partial charge in [0.25, 0.3) is 0 Å². The Kier molecular flexibility index (Phi) is 6.16. The van der Waals surface area contributed by atoms with Gasteiger partial charge >= 0.3 is 12.1 Å². The summed E-state index contributed by atoms with van der Waals surface area (Å²) in [7, 11) is -3.83. The van der Waals surface area contributed by atoms with E-state index in [1.54, 1.807) is 32.9 Å². The summed E-state index contributed by atoms with van der Waals surface area (Å²) in [6, 6.07) is 5.62. The summed E-state index contributed by atoms with van der Waals surface area (Å²) in [5.41, 5.74) is 0.193. The molecule has 1 fully saturated rings. The lowest BCUT2D eigenvalue weighted by molar-refractivity contribution is -0.143. The van der Waals surface area contributed by atoms with Crippen LogP contribution in [-0.2, 0) is 19.6 Å². The SMILES string of the molecule is Cc1ccc(S(=O)(=O)NC2CC(C(=O)O)CN(C(=O)OC(C)(C)C)C2)cc1. The second kappa shape index (κ2) is 7.85. The molecule has 9 heteroatoms. The third-order valence-corrected chi connectivity index (χ3v) is 5.64. The molecule has 0 radical (unpaired) electrons. The van der Waals surface area contributed by atoms with Crippen molar-refractivity contribution in [1.29, 1.82) is 0 Å². The van der Waals surface area contributed by atoms with Crippen LogP contribution in [0.25, 0.3) is 0 Å². The molecule has 0 aromatic heterocycles. The topological polar surface area (TPSA) is 113 Å². The Morgan fingerprint density at radius 2 is 1.78 bits per heavy atom. The number of benzene rings is 1. The molecule has 1 amide bonds. The lowest BCUT2D eigenvalue weighted by Crippen LogP contribution is -2.54. The number of nitrogens with one attached hydrogen (secondary N) is 1. The van der Waals surface area contributed by atoms with Crippen molar-refractivity contribution >= 4 is 22.1 Å². The first-order valence-electron chi connectivity index (χ1n) is 8.67. The van der Waals surface area contributed by atoms with Crippen molar-refractivity contribution in [1.82, 2.24) is 9.62 Å². The second-order valence-corrected chi connectivity index (χ2v) is 9.50. The minimum absolute atomic E-state index is 0.0208. The standard InChI is InChI=1S/C18H26N2O6S/c1-12-5-7-15(8-6-12)27(24,25)19-14-9-13(16(21)22)10-20(11-14)17(23)26-18(2,3)4/h5-8,13-14,19H,9-11H2,1-4H3,(H,21,22). The Morgan fingerprint density at radius 3 is 2.30 bits per heavy atom. The van der Waals surface area contributed by atoms with Gasteiger partial charge in [0, 0.05) is 19.1 Å². The van der Waals surface area contributed by atoms with Crippen molar-refractivity contribution in [3.05, 3.63) is 29.8 Å². The molecular weight excluding hydrogens is 372 g/mol. The molecule has 0 saturated carbocycles. The highest BCUT2D eigenvalue weighted by atomic mass is 32.2. The molecule has 0 aliphatic carbocycles. The lowest BCUT2D eigenvalue weighted by atomic mass is 9.95. The number of hydrogen-bond donors (Lipinski definition) is 2. The van der Waals surface area contributed by atoms with E-state index in [-0.39, 0.29) is 24.4 Å². The summed E-state index contributed by atoms with van der Waals surface area (Å²) in [5.74, 6) is -1.96. The summed E-state index contributed by atoms with van der Waals surface area (Å²) < 4.78 is 33.0. The van der Waals surface area contributed by atoms with Crippen molar-refractivity contribution in [2.75, 3.05) is 13.1 Å². The van der Waals surface area contributed by atoms with E-state index in [9.17, 15) is 23.1 Å². The molecule has 27 heavy (non-hydrogen) atoms. The number of nitrogens with zero attached hydrogens (tertiary/aromatic N) is 1. The molecule has 2 N–H and O–H groups in total. The number of carbonyl (C=O) groups is 2. The van der Waals surface area contributed by atoms with Crippen molar-refractivity contribution in [2.45, 2.75) is 50.7 Å². The van der Waals surface area contributed by atoms with Gasteiger partial charge in [-0.25, -0.2) is 17.9 Å². The average Bonchev–Trinajstić information content (AvgIpc) is 2.52. The van der Waals surface area contributed by atoms with E-state index in [1.807, 2.05) is 6.92 Å². The van der Waals surface area contributed by atoms with Crippen LogP contribution in [0.5, 0.6) is 0 Å². The summed E-state index contributed by atoms with van der Waals surface area (Å²) in [6.45, 7) is 7.00. The maximum atomic E-state index is 12.6. The average molecular weight is 398 g/mol. The molecule has 1 heterocycles. The molecular formula is C18H26N2O6S. The minimum Gasteiger partial charge on any atom is -0.481 e. The highest BCUT2D eigenvalue weighted by molar-refractivity contribution is 7.89. The summed E-state index contributed by atoms with van der Waals surface area (Å²) >= 11 is 0. The quantitative estimate of drug-likeness (QED) is 0.802. The van der Waals surface area contributed by atoms with Gasteiger partial charge in [0.1, 0.15) is 5.60 Å². The molecule has 1 aromatic carbocycles. The van der Waals surface area contributed by atoms with Crippen molar-refractivity contribution in [2.24, 2.45) is 5.92 Å². The first-order valence-corrected chi connectivity index (χ1v) is 10.2. The summed E-state index contributed by atoms with van der Waals surface area (Å²) in [5, 5.41) is 9.38. The largest absolute Gasteiger partial charge is 0.481 e.